The van der Waals surface area contributed by atoms with Crippen molar-refractivity contribution in [1.29, 1.82) is 0 Å². The van der Waals surface area contributed by atoms with Crippen LogP contribution in [0.5, 0.6) is 5.88 Å². The van der Waals surface area contributed by atoms with Gasteiger partial charge in [-0.3, -0.25) is 4.79 Å². The summed E-state index contributed by atoms with van der Waals surface area (Å²) in [6.45, 7) is 3.56. The first kappa shape index (κ1) is 11.3. The molecular weight excluding hydrogens is 230 g/mol. The number of pyridine rings is 1. The molecule has 3 rings (SSSR count). The predicted molar refractivity (Wildman–Crippen MR) is 68.9 cm³/mol. The molecule has 94 valence electrons. The lowest BCUT2D eigenvalue weighted by atomic mass is 9.97. The van der Waals surface area contributed by atoms with Crippen LogP contribution in [0.25, 0.3) is 10.9 Å². The highest BCUT2D eigenvalue weighted by molar-refractivity contribution is 5.81. The molecule has 0 spiro atoms. The standard InChI is InChI=1S/C14H15NO3/c1-14(2)12(17)10-11(16)8-6-4-5-7-9(8)15(3)13(10)18-14/h4-7,12,17H,1-3H3/t12-/m1/s1. The number of para-hydroxylation sites is 1. The van der Waals surface area contributed by atoms with Crippen LogP contribution in [0.3, 0.4) is 0 Å². The summed E-state index contributed by atoms with van der Waals surface area (Å²) >= 11 is 0. The largest absolute Gasteiger partial charge is 0.469 e. The summed E-state index contributed by atoms with van der Waals surface area (Å²) in [6, 6.07) is 7.35. The van der Waals surface area contributed by atoms with Crippen molar-refractivity contribution >= 4 is 10.9 Å². The number of nitrogens with zero attached hydrogens (tertiary/aromatic N) is 1. The van der Waals surface area contributed by atoms with Crippen LogP contribution in [0.2, 0.25) is 0 Å². The fourth-order valence-corrected chi connectivity index (χ4v) is 2.51. The Kier molecular flexibility index (Phi) is 2.10. The average Bonchev–Trinajstić information content (AvgIpc) is 2.58. The molecule has 1 N–H and O–H groups in total. The molecule has 4 nitrogen and oxygen atoms in total. The summed E-state index contributed by atoms with van der Waals surface area (Å²) in [5.41, 5.74) is 0.264. The topological polar surface area (TPSA) is 51.5 Å². The number of fused-ring (bicyclic) bond motifs is 2. The van der Waals surface area contributed by atoms with Crippen molar-refractivity contribution in [2.24, 2.45) is 7.05 Å². The Balaban J connectivity index is 2.47. The summed E-state index contributed by atoms with van der Waals surface area (Å²) in [5, 5.41) is 10.8. The van der Waals surface area contributed by atoms with E-state index in [9.17, 15) is 9.90 Å². The number of aryl methyl sites for hydroxylation is 1. The molecule has 0 saturated heterocycles. The van der Waals surface area contributed by atoms with Crippen LogP contribution in [0.1, 0.15) is 25.5 Å². The number of ether oxygens (including phenoxy) is 1. The second kappa shape index (κ2) is 3.36. The van der Waals surface area contributed by atoms with Crippen LogP contribution in [-0.4, -0.2) is 15.3 Å². The van der Waals surface area contributed by atoms with Crippen LogP contribution < -0.4 is 10.2 Å². The fourth-order valence-electron chi connectivity index (χ4n) is 2.51. The van der Waals surface area contributed by atoms with Gasteiger partial charge in [-0.2, -0.15) is 0 Å². The summed E-state index contributed by atoms with van der Waals surface area (Å²) < 4.78 is 7.56. The zero-order valence-corrected chi connectivity index (χ0v) is 10.6. The minimum Gasteiger partial charge on any atom is -0.469 e. The first-order valence-electron chi connectivity index (χ1n) is 5.92. The summed E-state index contributed by atoms with van der Waals surface area (Å²) in [7, 11) is 1.84. The molecule has 18 heavy (non-hydrogen) atoms. The lowest BCUT2D eigenvalue weighted by molar-refractivity contribution is -0.00245. The van der Waals surface area contributed by atoms with E-state index in [0.717, 1.165) is 5.52 Å². The van der Waals surface area contributed by atoms with Gasteiger partial charge >= 0.3 is 0 Å². The molecule has 1 aromatic carbocycles. The highest BCUT2D eigenvalue weighted by Gasteiger charge is 2.43. The van der Waals surface area contributed by atoms with Crippen LogP contribution in [0.15, 0.2) is 29.1 Å². The molecule has 0 radical (unpaired) electrons. The van der Waals surface area contributed by atoms with E-state index in [1.54, 1.807) is 19.9 Å². The molecular formula is C14H15NO3. The van der Waals surface area contributed by atoms with E-state index in [4.69, 9.17) is 4.74 Å². The number of rotatable bonds is 0. The number of aliphatic hydroxyl groups excluding tert-OH is 1. The van der Waals surface area contributed by atoms with Crippen molar-refractivity contribution < 1.29 is 9.84 Å². The van der Waals surface area contributed by atoms with Crippen molar-refractivity contribution in [3.8, 4) is 5.88 Å². The van der Waals surface area contributed by atoms with Gasteiger partial charge in [0.1, 0.15) is 11.7 Å². The third kappa shape index (κ3) is 1.26. The van der Waals surface area contributed by atoms with E-state index in [-0.39, 0.29) is 5.43 Å². The number of hydrogen-bond acceptors (Lipinski definition) is 3. The molecule has 0 aliphatic carbocycles. The first-order valence-corrected chi connectivity index (χ1v) is 5.92. The van der Waals surface area contributed by atoms with Crippen molar-refractivity contribution in [2.45, 2.75) is 25.6 Å². The molecule has 1 aromatic heterocycles. The molecule has 0 saturated carbocycles. The second-order valence-electron chi connectivity index (χ2n) is 5.23. The van der Waals surface area contributed by atoms with E-state index in [0.29, 0.717) is 16.8 Å². The number of aliphatic hydroxyl groups is 1. The van der Waals surface area contributed by atoms with Crippen molar-refractivity contribution in [3.63, 3.8) is 0 Å². The molecule has 0 unspecified atom stereocenters. The Morgan fingerprint density at radius 2 is 2.00 bits per heavy atom. The summed E-state index contributed by atoms with van der Waals surface area (Å²) in [4.78, 5) is 12.4. The van der Waals surface area contributed by atoms with Crippen LogP contribution in [0, 0.1) is 0 Å². The number of benzene rings is 1. The van der Waals surface area contributed by atoms with E-state index in [1.165, 1.54) is 0 Å². The highest BCUT2D eigenvalue weighted by atomic mass is 16.5. The number of aromatic nitrogens is 1. The van der Waals surface area contributed by atoms with Crippen molar-refractivity contribution in [3.05, 3.63) is 40.1 Å². The van der Waals surface area contributed by atoms with Crippen molar-refractivity contribution in [1.82, 2.24) is 4.57 Å². The quantitative estimate of drug-likeness (QED) is 0.769. The van der Waals surface area contributed by atoms with Gasteiger partial charge < -0.3 is 14.4 Å². The van der Waals surface area contributed by atoms with Gasteiger partial charge in [-0.15, -0.1) is 0 Å². The van der Waals surface area contributed by atoms with E-state index >= 15 is 0 Å². The molecule has 0 bridgehead atoms. The molecule has 2 heterocycles. The molecule has 1 aliphatic heterocycles. The van der Waals surface area contributed by atoms with Crippen LogP contribution in [-0.2, 0) is 7.05 Å². The SMILES string of the molecule is Cn1c2c(c(=O)c3ccccc31)[C@@H](O)C(C)(C)O2. The normalized spacial score (nSPS) is 20.8. The zero-order valence-electron chi connectivity index (χ0n) is 10.6. The molecule has 1 aliphatic rings. The lowest BCUT2D eigenvalue weighted by Crippen LogP contribution is -2.31. The van der Waals surface area contributed by atoms with Gasteiger partial charge in [0.15, 0.2) is 5.43 Å². The molecule has 4 heteroatoms. The maximum Gasteiger partial charge on any atom is 0.204 e. The highest BCUT2D eigenvalue weighted by Crippen LogP contribution is 2.41. The molecule has 0 fully saturated rings. The summed E-state index contributed by atoms with van der Waals surface area (Å²) in [5.74, 6) is 0.469. The monoisotopic (exact) mass is 245 g/mol. The van der Waals surface area contributed by atoms with Gasteiger partial charge in [0.05, 0.1) is 11.1 Å². The van der Waals surface area contributed by atoms with Crippen LogP contribution in [0.4, 0.5) is 0 Å². The Bertz CT molecular complexity index is 700. The van der Waals surface area contributed by atoms with E-state index in [2.05, 4.69) is 0 Å². The third-order valence-corrected chi connectivity index (χ3v) is 3.58. The Morgan fingerprint density at radius 1 is 1.33 bits per heavy atom. The fraction of sp³-hybridized carbons (Fsp3) is 0.357. The molecule has 0 amide bonds. The minimum absolute atomic E-state index is 0.142. The molecule has 2 aromatic rings. The van der Waals surface area contributed by atoms with Gasteiger partial charge in [0, 0.05) is 12.4 Å². The van der Waals surface area contributed by atoms with E-state index in [1.807, 2.05) is 29.8 Å². The summed E-state index contributed by atoms with van der Waals surface area (Å²) in [6.07, 6.45) is -0.893. The Hall–Kier alpha value is -1.81. The third-order valence-electron chi connectivity index (χ3n) is 3.58. The van der Waals surface area contributed by atoms with Gasteiger partial charge in [-0.1, -0.05) is 12.1 Å². The zero-order chi connectivity index (χ0) is 13.1. The van der Waals surface area contributed by atoms with Gasteiger partial charge in [0.2, 0.25) is 5.88 Å². The first-order chi connectivity index (χ1) is 8.43. The smallest absolute Gasteiger partial charge is 0.204 e. The minimum atomic E-state index is -0.893. The molecule has 1 atom stereocenters. The number of hydrogen-bond donors (Lipinski definition) is 1. The maximum atomic E-state index is 12.4. The second-order valence-corrected chi connectivity index (χ2v) is 5.23. The van der Waals surface area contributed by atoms with Crippen LogP contribution >= 0.6 is 0 Å². The predicted octanol–water partition coefficient (Wildman–Crippen LogP) is 1.74. The van der Waals surface area contributed by atoms with E-state index < -0.39 is 11.7 Å². The van der Waals surface area contributed by atoms with Gasteiger partial charge in [-0.25, -0.2) is 0 Å². The average molecular weight is 245 g/mol. The van der Waals surface area contributed by atoms with Gasteiger partial charge in [0.25, 0.3) is 0 Å². The lowest BCUT2D eigenvalue weighted by Gasteiger charge is -2.21. The maximum absolute atomic E-state index is 12.4. The van der Waals surface area contributed by atoms with Crippen molar-refractivity contribution in [2.75, 3.05) is 0 Å². The Morgan fingerprint density at radius 3 is 2.72 bits per heavy atom. The van der Waals surface area contributed by atoms with Gasteiger partial charge in [-0.05, 0) is 26.0 Å². The Labute approximate surface area is 104 Å².